The van der Waals surface area contributed by atoms with Crippen LogP contribution in [0.2, 0.25) is 0 Å². The lowest BCUT2D eigenvalue weighted by atomic mass is 10.0. The van der Waals surface area contributed by atoms with Crippen molar-refractivity contribution in [1.82, 2.24) is 0 Å². The van der Waals surface area contributed by atoms with E-state index in [9.17, 15) is 0 Å². The van der Waals surface area contributed by atoms with Crippen molar-refractivity contribution in [1.29, 1.82) is 0 Å². The van der Waals surface area contributed by atoms with E-state index < -0.39 is 0 Å². The van der Waals surface area contributed by atoms with Crippen molar-refractivity contribution in [3.63, 3.8) is 0 Å². The number of hydrogen-bond donors (Lipinski definition) is 0. The Kier molecular flexibility index (Phi) is 4.14. The van der Waals surface area contributed by atoms with E-state index in [4.69, 9.17) is 0 Å². The molecule has 0 spiro atoms. The topological polar surface area (TPSA) is 0 Å². The van der Waals surface area contributed by atoms with E-state index in [1.54, 1.807) is 0 Å². The maximum atomic E-state index is 2.17. The third-order valence-electron chi connectivity index (χ3n) is 3.07. The molecule has 0 radical (unpaired) electrons. The van der Waals surface area contributed by atoms with Gasteiger partial charge in [0.15, 0.2) is 0 Å². The van der Waals surface area contributed by atoms with Crippen LogP contribution in [-0.2, 0) is 0 Å². The first-order valence-corrected chi connectivity index (χ1v) is 6.26. The highest BCUT2D eigenvalue weighted by Crippen LogP contribution is 2.15. The summed E-state index contributed by atoms with van der Waals surface area (Å²) in [5, 5.41) is 0. The molecular weight excluding hydrogens is 216 g/mol. The maximum Gasteiger partial charge on any atom is -0.0230 e. The first kappa shape index (κ1) is 12.4. The molecule has 18 heavy (non-hydrogen) atoms. The van der Waals surface area contributed by atoms with Crippen LogP contribution in [0.5, 0.6) is 0 Å². The van der Waals surface area contributed by atoms with Crippen LogP contribution in [0.15, 0.2) is 60.7 Å². The molecule has 0 fully saturated rings. The predicted octanol–water partition coefficient (Wildman–Crippen LogP) is 5.28. The zero-order chi connectivity index (χ0) is 12.8. The standard InChI is InChI=1S/C18H18/c1-3-15(2)18-13-11-17(12-14-18)10-9-16-7-5-4-6-8-16/h3-14H,1-2H3/b10-9+,15-3-. The highest BCUT2D eigenvalue weighted by molar-refractivity contribution is 5.71. The second-order valence-electron chi connectivity index (χ2n) is 4.34. The number of benzene rings is 2. The van der Waals surface area contributed by atoms with Crippen molar-refractivity contribution < 1.29 is 0 Å². The molecule has 0 saturated carbocycles. The molecule has 0 aromatic heterocycles. The quantitative estimate of drug-likeness (QED) is 0.634. The maximum absolute atomic E-state index is 2.17. The van der Waals surface area contributed by atoms with E-state index in [-0.39, 0.29) is 0 Å². The molecule has 0 bridgehead atoms. The third kappa shape index (κ3) is 3.21. The summed E-state index contributed by atoms with van der Waals surface area (Å²) in [6.07, 6.45) is 6.41. The lowest BCUT2D eigenvalue weighted by molar-refractivity contribution is 1.53. The van der Waals surface area contributed by atoms with Gasteiger partial charge >= 0.3 is 0 Å². The average molecular weight is 234 g/mol. The molecule has 0 aliphatic heterocycles. The molecule has 2 aromatic carbocycles. The highest BCUT2D eigenvalue weighted by Gasteiger charge is 1.93. The fraction of sp³-hybridized carbons (Fsp3) is 0.111. The molecule has 0 amide bonds. The fourth-order valence-electron chi connectivity index (χ4n) is 1.78. The van der Waals surface area contributed by atoms with Gasteiger partial charge in [0.1, 0.15) is 0 Å². The van der Waals surface area contributed by atoms with Crippen LogP contribution in [0.4, 0.5) is 0 Å². The summed E-state index contributed by atoms with van der Waals surface area (Å²) in [6, 6.07) is 19.0. The molecule has 0 unspecified atom stereocenters. The second kappa shape index (κ2) is 6.02. The molecule has 0 heterocycles. The van der Waals surface area contributed by atoms with Crippen LogP contribution in [0, 0.1) is 0 Å². The van der Waals surface area contributed by atoms with E-state index in [1.807, 2.05) is 6.07 Å². The zero-order valence-corrected chi connectivity index (χ0v) is 10.9. The van der Waals surface area contributed by atoms with Crippen LogP contribution in [0.3, 0.4) is 0 Å². The van der Waals surface area contributed by atoms with Gasteiger partial charge < -0.3 is 0 Å². The normalized spacial score (nSPS) is 12.0. The molecule has 0 aliphatic carbocycles. The summed E-state index contributed by atoms with van der Waals surface area (Å²) in [6.45, 7) is 4.20. The first-order valence-electron chi connectivity index (χ1n) is 6.26. The minimum atomic E-state index is 1.23. The highest BCUT2D eigenvalue weighted by atomic mass is 14.0. The minimum absolute atomic E-state index is 1.23. The van der Waals surface area contributed by atoms with Gasteiger partial charge in [0.25, 0.3) is 0 Å². The number of hydrogen-bond acceptors (Lipinski definition) is 0. The zero-order valence-electron chi connectivity index (χ0n) is 10.9. The van der Waals surface area contributed by atoms with Crippen molar-refractivity contribution in [3.8, 4) is 0 Å². The van der Waals surface area contributed by atoms with Gasteiger partial charge in [-0.1, -0.05) is 72.8 Å². The Hall–Kier alpha value is -2.08. The van der Waals surface area contributed by atoms with Crippen molar-refractivity contribution in [3.05, 3.63) is 77.4 Å². The molecule has 2 aromatic rings. The van der Waals surface area contributed by atoms with Gasteiger partial charge in [0.2, 0.25) is 0 Å². The Morgan fingerprint density at radius 1 is 0.778 bits per heavy atom. The van der Waals surface area contributed by atoms with Crippen LogP contribution < -0.4 is 0 Å². The molecule has 0 nitrogen and oxygen atoms in total. The summed E-state index contributed by atoms with van der Waals surface area (Å²) < 4.78 is 0. The lowest BCUT2D eigenvalue weighted by Gasteiger charge is -2.01. The van der Waals surface area contributed by atoms with Crippen molar-refractivity contribution >= 4 is 17.7 Å². The smallest absolute Gasteiger partial charge is 0.0230 e. The molecule has 0 aliphatic rings. The molecule has 0 N–H and O–H groups in total. The van der Waals surface area contributed by atoms with Crippen LogP contribution >= 0.6 is 0 Å². The van der Waals surface area contributed by atoms with Gasteiger partial charge in [0, 0.05) is 0 Å². The lowest BCUT2D eigenvalue weighted by Crippen LogP contribution is -1.79. The van der Waals surface area contributed by atoms with Gasteiger partial charge in [-0.3, -0.25) is 0 Å². The van der Waals surface area contributed by atoms with E-state index in [0.29, 0.717) is 0 Å². The van der Waals surface area contributed by atoms with E-state index in [0.717, 1.165) is 0 Å². The largest absolute Gasteiger partial charge is 0.0841 e. The first-order chi connectivity index (χ1) is 8.79. The van der Waals surface area contributed by atoms with Crippen LogP contribution in [0.25, 0.3) is 17.7 Å². The summed E-state index contributed by atoms with van der Waals surface area (Å²) >= 11 is 0. The van der Waals surface area contributed by atoms with Gasteiger partial charge in [-0.05, 0) is 36.1 Å². The fourth-order valence-corrected chi connectivity index (χ4v) is 1.78. The van der Waals surface area contributed by atoms with Gasteiger partial charge in [-0.2, -0.15) is 0 Å². The Morgan fingerprint density at radius 3 is 1.89 bits per heavy atom. The number of allylic oxidation sites excluding steroid dienone is 2. The van der Waals surface area contributed by atoms with Gasteiger partial charge in [0.05, 0.1) is 0 Å². The molecule has 0 saturated heterocycles. The Morgan fingerprint density at radius 2 is 1.33 bits per heavy atom. The average Bonchev–Trinajstić information content (AvgIpc) is 2.46. The molecule has 90 valence electrons. The summed E-state index contributed by atoms with van der Waals surface area (Å²) in [5.41, 5.74) is 5.06. The van der Waals surface area contributed by atoms with Gasteiger partial charge in [-0.15, -0.1) is 0 Å². The van der Waals surface area contributed by atoms with E-state index in [2.05, 4.69) is 80.6 Å². The second-order valence-corrected chi connectivity index (χ2v) is 4.34. The molecule has 0 heteroatoms. The minimum Gasteiger partial charge on any atom is -0.0841 e. The monoisotopic (exact) mass is 234 g/mol. The summed E-state index contributed by atoms with van der Waals surface area (Å²) in [5.74, 6) is 0. The van der Waals surface area contributed by atoms with Crippen molar-refractivity contribution in [2.24, 2.45) is 0 Å². The summed E-state index contributed by atoms with van der Waals surface area (Å²) in [4.78, 5) is 0. The molecule has 2 rings (SSSR count). The van der Waals surface area contributed by atoms with E-state index in [1.165, 1.54) is 22.3 Å². The molecule has 0 atom stereocenters. The number of rotatable bonds is 3. The van der Waals surface area contributed by atoms with E-state index >= 15 is 0 Å². The Labute approximate surface area is 109 Å². The third-order valence-corrected chi connectivity index (χ3v) is 3.07. The van der Waals surface area contributed by atoms with Crippen molar-refractivity contribution in [2.75, 3.05) is 0 Å². The van der Waals surface area contributed by atoms with Crippen LogP contribution in [-0.4, -0.2) is 0 Å². The van der Waals surface area contributed by atoms with Crippen molar-refractivity contribution in [2.45, 2.75) is 13.8 Å². The van der Waals surface area contributed by atoms with Gasteiger partial charge in [-0.25, -0.2) is 0 Å². The Balaban J connectivity index is 2.14. The van der Waals surface area contributed by atoms with Crippen LogP contribution in [0.1, 0.15) is 30.5 Å². The SMILES string of the molecule is C/C=C(/C)c1ccc(/C=C/c2ccccc2)cc1. The summed E-state index contributed by atoms with van der Waals surface area (Å²) in [7, 11) is 0. The molecular formula is C18H18. The Bertz CT molecular complexity index is 542. The predicted molar refractivity (Wildman–Crippen MR) is 81.1 cm³/mol.